The number of quaternary nitrogens is 1. The van der Waals surface area contributed by atoms with E-state index in [4.69, 9.17) is 9.47 Å². The Bertz CT molecular complexity index is 431. The van der Waals surface area contributed by atoms with Crippen molar-refractivity contribution in [1.29, 1.82) is 0 Å². The minimum absolute atomic E-state index is 0. The predicted molar refractivity (Wildman–Crippen MR) is 138 cm³/mol. The second-order valence-electron chi connectivity index (χ2n) is 10.3. The molecule has 0 bridgehead atoms. The Labute approximate surface area is 222 Å². The summed E-state index contributed by atoms with van der Waals surface area (Å²) in [5.74, 6) is -0.247. The zero-order valence-electron chi connectivity index (χ0n) is 23.0. The SMILES string of the molecule is CCCCCCCCCCOC(=O)CC[N+](C)(C)CCC(=O)OCCCCCCCCCC.[Br-]. The smallest absolute Gasteiger partial charge is 0.311 e. The number of esters is 2. The minimum Gasteiger partial charge on any atom is -1.00 e. The number of hydrogen-bond acceptors (Lipinski definition) is 4. The monoisotopic (exact) mass is 549 g/mol. The third-order valence-electron chi connectivity index (χ3n) is 6.36. The first-order valence-electron chi connectivity index (χ1n) is 14.0. The van der Waals surface area contributed by atoms with Gasteiger partial charge in [-0.2, -0.15) is 0 Å². The molecule has 0 aromatic heterocycles. The molecular formula is C28H56BrNO4. The summed E-state index contributed by atoms with van der Waals surface area (Å²) in [4.78, 5) is 24.0. The maximum absolute atomic E-state index is 12.0. The molecule has 204 valence electrons. The molecule has 0 saturated carbocycles. The lowest BCUT2D eigenvalue weighted by Crippen LogP contribution is -3.00. The standard InChI is InChI=1S/C28H56NO4.BrH/c1-5-7-9-11-13-15-17-19-25-32-27(30)21-23-29(3,4)24-22-28(31)33-26-20-18-16-14-12-10-8-6-2;/h5-26H2,1-4H3;1H/q+1;/p-1. The molecule has 0 saturated heterocycles. The molecule has 0 atom stereocenters. The second kappa shape index (κ2) is 25.5. The van der Waals surface area contributed by atoms with E-state index in [1.54, 1.807) is 0 Å². The Kier molecular flexibility index (Phi) is 26.6. The number of ether oxygens (including phenoxy) is 2. The highest BCUT2D eigenvalue weighted by Crippen LogP contribution is 2.10. The van der Waals surface area contributed by atoms with E-state index in [2.05, 4.69) is 27.9 Å². The molecule has 0 unspecified atom stereocenters. The summed E-state index contributed by atoms with van der Waals surface area (Å²) in [7, 11) is 4.11. The topological polar surface area (TPSA) is 52.6 Å². The first-order valence-corrected chi connectivity index (χ1v) is 14.0. The predicted octanol–water partition coefficient (Wildman–Crippen LogP) is 4.21. The van der Waals surface area contributed by atoms with E-state index in [9.17, 15) is 9.59 Å². The highest BCUT2D eigenvalue weighted by molar-refractivity contribution is 5.70. The van der Waals surface area contributed by atoms with Crippen molar-refractivity contribution in [2.24, 2.45) is 0 Å². The summed E-state index contributed by atoms with van der Waals surface area (Å²) < 4.78 is 11.4. The van der Waals surface area contributed by atoms with Crippen molar-refractivity contribution in [1.82, 2.24) is 0 Å². The van der Waals surface area contributed by atoms with Crippen molar-refractivity contribution in [2.45, 2.75) is 129 Å². The number of carbonyl (C=O) groups is 2. The first kappa shape index (κ1) is 35.5. The summed E-state index contributed by atoms with van der Waals surface area (Å²) in [6.45, 7) is 6.91. The number of nitrogens with zero attached hydrogens (tertiary/aromatic N) is 1. The van der Waals surface area contributed by atoms with Gasteiger partial charge in [-0.1, -0.05) is 104 Å². The van der Waals surface area contributed by atoms with Gasteiger partial charge in [-0.05, 0) is 12.8 Å². The summed E-state index contributed by atoms with van der Waals surface area (Å²) in [5.41, 5.74) is 0. The first-order chi connectivity index (χ1) is 15.9. The van der Waals surface area contributed by atoms with Crippen LogP contribution in [0.2, 0.25) is 0 Å². The fourth-order valence-corrected chi connectivity index (χ4v) is 3.89. The van der Waals surface area contributed by atoms with Crippen LogP contribution >= 0.6 is 0 Å². The van der Waals surface area contributed by atoms with Crippen molar-refractivity contribution in [3.8, 4) is 0 Å². The van der Waals surface area contributed by atoms with Crippen LogP contribution in [0.5, 0.6) is 0 Å². The summed E-state index contributed by atoms with van der Waals surface area (Å²) in [5, 5.41) is 0. The number of halogens is 1. The van der Waals surface area contributed by atoms with Gasteiger partial charge < -0.3 is 30.9 Å². The molecule has 0 rings (SSSR count). The van der Waals surface area contributed by atoms with Gasteiger partial charge in [0.05, 0.1) is 53.2 Å². The van der Waals surface area contributed by atoms with E-state index in [-0.39, 0.29) is 28.9 Å². The quantitative estimate of drug-likeness (QED) is 0.103. The molecule has 6 heteroatoms. The molecule has 0 aromatic rings. The number of carbonyl (C=O) groups excluding carboxylic acids is 2. The van der Waals surface area contributed by atoms with Crippen LogP contribution in [-0.2, 0) is 19.1 Å². The molecule has 0 N–H and O–H groups in total. The maximum atomic E-state index is 12.0. The van der Waals surface area contributed by atoms with Gasteiger partial charge in [0.2, 0.25) is 0 Å². The fraction of sp³-hybridized carbons (Fsp3) is 0.929. The van der Waals surface area contributed by atoms with Crippen LogP contribution in [0, 0.1) is 0 Å². The average molecular weight is 551 g/mol. The molecule has 0 spiro atoms. The fourth-order valence-electron chi connectivity index (χ4n) is 3.89. The van der Waals surface area contributed by atoms with E-state index < -0.39 is 0 Å². The van der Waals surface area contributed by atoms with Gasteiger partial charge in [-0.25, -0.2) is 0 Å². The minimum atomic E-state index is -0.124. The van der Waals surface area contributed by atoms with Gasteiger partial charge in [0.1, 0.15) is 0 Å². The van der Waals surface area contributed by atoms with Crippen LogP contribution in [0.3, 0.4) is 0 Å². The Morgan fingerprint density at radius 1 is 0.529 bits per heavy atom. The highest BCUT2D eigenvalue weighted by atomic mass is 79.9. The summed E-state index contributed by atoms with van der Waals surface area (Å²) >= 11 is 0. The van der Waals surface area contributed by atoms with Gasteiger partial charge in [0.25, 0.3) is 0 Å². The van der Waals surface area contributed by atoms with Crippen LogP contribution < -0.4 is 17.0 Å². The second-order valence-corrected chi connectivity index (χ2v) is 10.3. The van der Waals surface area contributed by atoms with Gasteiger partial charge in [0.15, 0.2) is 0 Å². The van der Waals surface area contributed by atoms with Crippen LogP contribution in [0.1, 0.15) is 129 Å². The van der Waals surface area contributed by atoms with E-state index in [0.29, 0.717) is 43.6 Å². The van der Waals surface area contributed by atoms with Gasteiger partial charge >= 0.3 is 11.9 Å². The van der Waals surface area contributed by atoms with E-state index in [0.717, 1.165) is 25.7 Å². The molecule has 5 nitrogen and oxygen atoms in total. The number of rotatable bonds is 24. The third-order valence-corrected chi connectivity index (χ3v) is 6.36. The van der Waals surface area contributed by atoms with Gasteiger partial charge in [-0.3, -0.25) is 9.59 Å². The van der Waals surface area contributed by atoms with Crippen molar-refractivity contribution in [3.05, 3.63) is 0 Å². The number of hydrogen-bond donors (Lipinski definition) is 0. The molecule has 34 heavy (non-hydrogen) atoms. The van der Waals surface area contributed by atoms with Crippen molar-refractivity contribution < 1.29 is 40.5 Å². The molecule has 0 aliphatic rings. The van der Waals surface area contributed by atoms with E-state index >= 15 is 0 Å². The lowest BCUT2D eigenvalue weighted by Gasteiger charge is -2.29. The van der Waals surface area contributed by atoms with E-state index in [1.807, 2.05) is 0 Å². The number of unbranched alkanes of at least 4 members (excludes halogenated alkanes) is 14. The molecule has 0 amide bonds. The Balaban J connectivity index is 0. The third kappa shape index (κ3) is 26.0. The van der Waals surface area contributed by atoms with Crippen LogP contribution in [0.4, 0.5) is 0 Å². The van der Waals surface area contributed by atoms with Crippen molar-refractivity contribution in [2.75, 3.05) is 40.4 Å². The zero-order valence-corrected chi connectivity index (χ0v) is 24.6. The van der Waals surface area contributed by atoms with Gasteiger partial charge in [0, 0.05) is 0 Å². The molecule has 0 aliphatic carbocycles. The Morgan fingerprint density at radius 3 is 1.15 bits per heavy atom. The van der Waals surface area contributed by atoms with Crippen molar-refractivity contribution >= 4 is 11.9 Å². The van der Waals surface area contributed by atoms with Crippen LogP contribution in [-0.4, -0.2) is 56.8 Å². The summed E-state index contributed by atoms with van der Waals surface area (Å²) in [6.07, 6.45) is 20.7. The largest absolute Gasteiger partial charge is 1.00 e. The Morgan fingerprint density at radius 2 is 0.824 bits per heavy atom. The Hall–Kier alpha value is -0.620. The maximum Gasteiger partial charge on any atom is 0.311 e. The lowest BCUT2D eigenvalue weighted by atomic mass is 10.1. The molecule has 0 radical (unpaired) electrons. The van der Waals surface area contributed by atoms with Gasteiger partial charge in [-0.15, -0.1) is 0 Å². The van der Waals surface area contributed by atoms with Crippen LogP contribution in [0.15, 0.2) is 0 Å². The van der Waals surface area contributed by atoms with Crippen LogP contribution in [0.25, 0.3) is 0 Å². The van der Waals surface area contributed by atoms with Crippen molar-refractivity contribution in [3.63, 3.8) is 0 Å². The molecule has 0 aromatic carbocycles. The molecular weight excluding hydrogens is 494 g/mol. The molecule has 0 fully saturated rings. The normalized spacial score (nSPS) is 11.2. The molecule has 0 aliphatic heterocycles. The summed E-state index contributed by atoms with van der Waals surface area (Å²) in [6, 6.07) is 0. The van der Waals surface area contributed by atoms with E-state index in [1.165, 1.54) is 77.0 Å². The average Bonchev–Trinajstić information content (AvgIpc) is 2.79. The highest BCUT2D eigenvalue weighted by Gasteiger charge is 2.19. The molecule has 0 heterocycles. The zero-order chi connectivity index (χ0) is 24.6. The lowest BCUT2D eigenvalue weighted by molar-refractivity contribution is -0.889.